The molecule has 1 aromatic rings. The SMILES string of the molecule is CC.COc1ccc(F)c(C)c1F. The second-order valence-corrected chi connectivity index (χ2v) is 2.19. The molecule has 0 saturated carbocycles. The van der Waals surface area contributed by atoms with Crippen LogP contribution in [0.25, 0.3) is 0 Å². The highest BCUT2D eigenvalue weighted by Crippen LogP contribution is 2.21. The predicted octanol–water partition coefficient (Wildman–Crippen LogP) is 3.31. The molecule has 0 bridgehead atoms. The van der Waals surface area contributed by atoms with Crippen LogP contribution in [0.5, 0.6) is 5.75 Å². The molecular weight excluding hydrogens is 174 g/mol. The van der Waals surface area contributed by atoms with E-state index in [0.29, 0.717) is 0 Å². The van der Waals surface area contributed by atoms with Crippen molar-refractivity contribution in [3.63, 3.8) is 0 Å². The molecule has 0 fully saturated rings. The fraction of sp³-hybridized carbons (Fsp3) is 0.400. The van der Waals surface area contributed by atoms with Crippen molar-refractivity contribution < 1.29 is 13.5 Å². The number of halogens is 2. The summed E-state index contributed by atoms with van der Waals surface area (Å²) in [5, 5.41) is 0. The van der Waals surface area contributed by atoms with Crippen LogP contribution >= 0.6 is 0 Å². The van der Waals surface area contributed by atoms with Crippen molar-refractivity contribution in [1.29, 1.82) is 0 Å². The Balaban J connectivity index is 0.000000671. The van der Waals surface area contributed by atoms with E-state index in [-0.39, 0.29) is 11.3 Å². The Morgan fingerprint density at radius 3 is 2.15 bits per heavy atom. The van der Waals surface area contributed by atoms with E-state index >= 15 is 0 Å². The zero-order chi connectivity index (χ0) is 10.4. The summed E-state index contributed by atoms with van der Waals surface area (Å²) >= 11 is 0. The molecule has 0 aliphatic heterocycles. The van der Waals surface area contributed by atoms with Crippen molar-refractivity contribution in [3.05, 3.63) is 29.3 Å². The van der Waals surface area contributed by atoms with Crippen molar-refractivity contribution in [2.75, 3.05) is 7.11 Å². The van der Waals surface area contributed by atoms with E-state index in [1.54, 1.807) is 0 Å². The van der Waals surface area contributed by atoms with Crippen molar-refractivity contribution in [1.82, 2.24) is 0 Å². The predicted molar refractivity (Wildman–Crippen MR) is 49.0 cm³/mol. The van der Waals surface area contributed by atoms with Crippen molar-refractivity contribution in [3.8, 4) is 5.75 Å². The van der Waals surface area contributed by atoms with Crippen LogP contribution in [0.3, 0.4) is 0 Å². The zero-order valence-electron chi connectivity index (χ0n) is 8.32. The monoisotopic (exact) mass is 188 g/mol. The van der Waals surface area contributed by atoms with Gasteiger partial charge in [0.05, 0.1) is 7.11 Å². The number of rotatable bonds is 1. The molecule has 0 N–H and O–H groups in total. The molecule has 0 aliphatic rings. The van der Waals surface area contributed by atoms with Crippen LogP contribution in [0.4, 0.5) is 8.78 Å². The summed E-state index contributed by atoms with van der Waals surface area (Å²) in [4.78, 5) is 0. The van der Waals surface area contributed by atoms with Crippen LogP contribution in [0, 0.1) is 18.6 Å². The van der Waals surface area contributed by atoms with E-state index in [1.807, 2.05) is 13.8 Å². The van der Waals surface area contributed by atoms with Crippen molar-refractivity contribution >= 4 is 0 Å². The van der Waals surface area contributed by atoms with E-state index in [9.17, 15) is 8.78 Å². The van der Waals surface area contributed by atoms with Gasteiger partial charge in [-0.05, 0) is 19.1 Å². The summed E-state index contributed by atoms with van der Waals surface area (Å²) in [6.07, 6.45) is 0. The van der Waals surface area contributed by atoms with Gasteiger partial charge in [-0.1, -0.05) is 13.8 Å². The van der Waals surface area contributed by atoms with E-state index < -0.39 is 11.6 Å². The van der Waals surface area contributed by atoms with Gasteiger partial charge in [0, 0.05) is 5.56 Å². The number of hydrogen-bond acceptors (Lipinski definition) is 1. The Bertz CT molecular complexity index is 272. The normalized spacial score (nSPS) is 8.77. The maximum Gasteiger partial charge on any atom is 0.170 e. The van der Waals surface area contributed by atoms with Crippen LogP contribution in [0.15, 0.2) is 12.1 Å². The van der Waals surface area contributed by atoms with Gasteiger partial charge in [0.25, 0.3) is 0 Å². The highest BCUT2D eigenvalue weighted by Gasteiger charge is 2.08. The number of benzene rings is 1. The second-order valence-electron chi connectivity index (χ2n) is 2.19. The first-order valence-electron chi connectivity index (χ1n) is 4.15. The largest absolute Gasteiger partial charge is 0.494 e. The highest BCUT2D eigenvalue weighted by atomic mass is 19.1. The Labute approximate surface area is 77.3 Å². The fourth-order valence-corrected chi connectivity index (χ4v) is 0.794. The second kappa shape index (κ2) is 5.51. The zero-order valence-corrected chi connectivity index (χ0v) is 8.32. The van der Waals surface area contributed by atoms with Gasteiger partial charge < -0.3 is 4.74 Å². The van der Waals surface area contributed by atoms with Gasteiger partial charge in [0.1, 0.15) is 5.82 Å². The van der Waals surface area contributed by atoms with E-state index in [1.165, 1.54) is 26.2 Å². The third-order valence-electron chi connectivity index (χ3n) is 1.50. The average molecular weight is 188 g/mol. The summed E-state index contributed by atoms with van der Waals surface area (Å²) in [7, 11) is 1.34. The Morgan fingerprint density at radius 2 is 1.69 bits per heavy atom. The van der Waals surface area contributed by atoms with Crippen LogP contribution < -0.4 is 4.74 Å². The number of ether oxygens (including phenoxy) is 1. The molecule has 0 unspecified atom stereocenters. The van der Waals surface area contributed by atoms with Crippen LogP contribution in [0.1, 0.15) is 19.4 Å². The first kappa shape index (κ1) is 11.9. The minimum Gasteiger partial charge on any atom is -0.494 e. The molecule has 13 heavy (non-hydrogen) atoms. The van der Waals surface area contributed by atoms with Gasteiger partial charge in [0.15, 0.2) is 11.6 Å². The van der Waals surface area contributed by atoms with Gasteiger partial charge in [-0.2, -0.15) is 0 Å². The van der Waals surface area contributed by atoms with Gasteiger partial charge in [0.2, 0.25) is 0 Å². The third kappa shape index (κ3) is 2.68. The molecular formula is C10H14F2O. The molecule has 0 aromatic heterocycles. The minimum absolute atomic E-state index is 0.00986. The molecule has 0 saturated heterocycles. The Kier molecular flexibility index (Phi) is 5.04. The van der Waals surface area contributed by atoms with Gasteiger partial charge in [-0.3, -0.25) is 0 Å². The summed E-state index contributed by atoms with van der Waals surface area (Å²) in [5.74, 6) is -1.11. The summed E-state index contributed by atoms with van der Waals surface area (Å²) in [6.45, 7) is 5.37. The fourth-order valence-electron chi connectivity index (χ4n) is 0.794. The Hall–Kier alpha value is -1.12. The van der Waals surface area contributed by atoms with Gasteiger partial charge in [-0.25, -0.2) is 8.78 Å². The summed E-state index contributed by atoms with van der Waals surface area (Å²) < 4.78 is 30.1. The molecule has 0 aliphatic carbocycles. The van der Waals surface area contributed by atoms with Gasteiger partial charge >= 0.3 is 0 Å². The Morgan fingerprint density at radius 1 is 1.15 bits per heavy atom. The maximum absolute atomic E-state index is 12.9. The van der Waals surface area contributed by atoms with E-state index in [4.69, 9.17) is 0 Å². The van der Waals surface area contributed by atoms with Crippen LogP contribution in [-0.2, 0) is 0 Å². The molecule has 0 amide bonds. The van der Waals surface area contributed by atoms with Gasteiger partial charge in [-0.15, -0.1) is 0 Å². The number of hydrogen-bond donors (Lipinski definition) is 0. The molecule has 1 aromatic carbocycles. The lowest BCUT2D eigenvalue weighted by Gasteiger charge is -2.03. The van der Waals surface area contributed by atoms with Crippen LogP contribution in [0.2, 0.25) is 0 Å². The van der Waals surface area contributed by atoms with Crippen molar-refractivity contribution in [2.24, 2.45) is 0 Å². The number of methoxy groups -OCH3 is 1. The topological polar surface area (TPSA) is 9.23 Å². The molecule has 0 atom stereocenters. The minimum atomic E-state index is -0.632. The van der Waals surface area contributed by atoms with Crippen molar-refractivity contribution in [2.45, 2.75) is 20.8 Å². The molecule has 3 heteroatoms. The molecule has 1 rings (SSSR count). The summed E-state index contributed by atoms with van der Waals surface area (Å²) in [5.41, 5.74) is -0.00986. The standard InChI is InChI=1S/C8H8F2O.C2H6/c1-5-6(9)3-4-7(11-2)8(5)10;1-2/h3-4H,1-2H3;1-2H3. The molecule has 0 heterocycles. The molecule has 1 nitrogen and oxygen atoms in total. The quantitative estimate of drug-likeness (QED) is 0.657. The van der Waals surface area contributed by atoms with E-state index in [2.05, 4.69) is 4.74 Å². The lowest BCUT2D eigenvalue weighted by molar-refractivity contribution is 0.382. The lowest BCUT2D eigenvalue weighted by Crippen LogP contribution is -1.93. The molecule has 0 radical (unpaired) electrons. The first-order chi connectivity index (χ1) is 6.16. The molecule has 74 valence electrons. The van der Waals surface area contributed by atoms with E-state index in [0.717, 1.165) is 0 Å². The maximum atomic E-state index is 12.9. The lowest BCUT2D eigenvalue weighted by atomic mass is 10.2. The molecule has 0 spiro atoms. The highest BCUT2D eigenvalue weighted by molar-refractivity contribution is 5.31. The van der Waals surface area contributed by atoms with Crippen LogP contribution in [-0.4, -0.2) is 7.11 Å². The average Bonchev–Trinajstić information content (AvgIpc) is 2.18. The smallest absolute Gasteiger partial charge is 0.170 e. The summed E-state index contributed by atoms with van der Waals surface area (Å²) in [6, 6.07) is 2.44. The third-order valence-corrected chi connectivity index (χ3v) is 1.50. The first-order valence-corrected chi connectivity index (χ1v) is 4.15.